The van der Waals surface area contributed by atoms with Crippen molar-refractivity contribution in [2.24, 2.45) is 5.92 Å². The summed E-state index contributed by atoms with van der Waals surface area (Å²) in [5.41, 5.74) is 1.32. The SMILES string of the molecule is COc1cccc(CN(C)CC2CCNCC2)c1. The molecule has 0 radical (unpaired) electrons. The average molecular weight is 248 g/mol. The molecule has 1 aromatic carbocycles. The van der Waals surface area contributed by atoms with E-state index in [1.54, 1.807) is 7.11 Å². The number of ether oxygens (including phenoxy) is 1. The normalized spacial score (nSPS) is 17.1. The smallest absolute Gasteiger partial charge is 0.119 e. The summed E-state index contributed by atoms with van der Waals surface area (Å²) in [5, 5.41) is 3.42. The quantitative estimate of drug-likeness (QED) is 0.864. The molecule has 3 nitrogen and oxygen atoms in total. The fourth-order valence-electron chi connectivity index (χ4n) is 2.65. The van der Waals surface area contributed by atoms with Gasteiger partial charge in [0.2, 0.25) is 0 Å². The molecule has 0 saturated carbocycles. The Morgan fingerprint density at radius 3 is 2.83 bits per heavy atom. The van der Waals surface area contributed by atoms with Gasteiger partial charge in [-0.25, -0.2) is 0 Å². The second-order valence-electron chi connectivity index (χ2n) is 5.24. The van der Waals surface area contributed by atoms with Gasteiger partial charge in [-0.3, -0.25) is 0 Å². The van der Waals surface area contributed by atoms with E-state index in [1.807, 2.05) is 6.07 Å². The molecule has 2 rings (SSSR count). The van der Waals surface area contributed by atoms with Crippen LogP contribution in [0.1, 0.15) is 18.4 Å². The highest BCUT2D eigenvalue weighted by molar-refractivity contribution is 5.28. The third kappa shape index (κ3) is 4.00. The first-order valence-corrected chi connectivity index (χ1v) is 6.80. The van der Waals surface area contributed by atoms with Crippen molar-refractivity contribution >= 4 is 0 Å². The molecular formula is C15H24N2O. The van der Waals surface area contributed by atoms with Crippen molar-refractivity contribution in [1.82, 2.24) is 10.2 Å². The van der Waals surface area contributed by atoms with Gasteiger partial charge in [0, 0.05) is 13.1 Å². The molecule has 1 aromatic rings. The molecular weight excluding hydrogens is 224 g/mol. The minimum atomic E-state index is 0.849. The van der Waals surface area contributed by atoms with Crippen LogP contribution in [0.15, 0.2) is 24.3 Å². The molecule has 1 fully saturated rings. The van der Waals surface area contributed by atoms with Gasteiger partial charge in [0.05, 0.1) is 7.11 Å². The van der Waals surface area contributed by atoms with Gasteiger partial charge in [0.15, 0.2) is 0 Å². The van der Waals surface area contributed by atoms with E-state index in [-0.39, 0.29) is 0 Å². The van der Waals surface area contributed by atoms with Gasteiger partial charge >= 0.3 is 0 Å². The molecule has 18 heavy (non-hydrogen) atoms. The van der Waals surface area contributed by atoms with Crippen molar-refractivity contribution in [2.75, 3.05) is 33.8 Å². The number of hydrogen-bond donors (Lipinski definition) is 1. The predicted molar refractivity (Wildman–Crippen MR) is 74.9 cm³/mol. The summed E-state index contributed by atoms with van der Waals surface area (Å²) < 4.78 is 5.26. The monoisotopic (exact) mass is 248 g/mol. The molecule has 1 aliphatic heterocycles. The minimum absolute atomic E-state index is 0.849. The van der Waals surface area contributed by atoms with Gasteiger partial charge in [0.1, 0.15) is 5.75 Å². The first kappa shape index (κ1) is 13.4. The van der Waals surface area contributed by atoms with E-state index in [0.29, 0.717) is 0 Å². The van der Waals surface area contributed by atoms with Crippen molar-refractivity contribution in [3.8, 4) is 5.75 Å². The zero-order valence-electron chi connectivity index (χ0n) is 11.5. The van der Waals surface area contributed by atoms with E-state index in [1.165, 1.54) is 38.0 Å². The number of rotatable bonds is 5. The molecule has 0 amide bonds. The Bertz CT molecular complexity index is 361. The van der Waals surface area contributed by atoms with Gasteiger partial charge in [-0.2, -0.15) is 0 Å². The zero-order valence-corrected chi connectivity index (χ0v) is 11.5. The van der Waals surface area contributed by atoms with Crippen LogP contribution >= 0.6 is 0 Å². The van der Waals surface area contributed by atoms with Crippen LogP contribution in [-0.4, -0.2) is 38.7 Å². The van der Waals surface area contributed by atoms with Gasteiger partial charge < -0.3 is 15.0 Å². The second-order valence-corrected chi connectivity index (χ2v) is 5.24. The lowest BCUT2D eigenvalue weighted by Gasteiger charge is -2.27. The van der Waals surface area contributed by atoms with Crippen LogP contribution in [0.3, 0.4) is 0 Å². The maximum atomic E-state index is 5.26. The highest BCUT2D eigenvalue weighted by atomic mass is 16.5. The van der Waals surface area contributed by atoms with Crippen LogP contribution in [0.4, 0.5) is 0 Å². The number of methoxy groups -OCH3 is 1. The lowest BCUT2D eigenvalue weighted by atomic mass is 9.97. The molecule has 1 aliphatic rings. The molecule has 3 heteroatoms. The van der Waals surface area contributed by atoms with Crippen LogP contribution in [0.5, 0.6) is 5.75 Å². The van der Waals surface area contributed by atoms with Crippen molar-refractivity contribution in [3.63, 3.8) is 0 Å². The lowest BCUT2D eigenvalue weighted by Crippen LogP contribution is -2.34. The topological polar surface area (TPSA) is 24.5 Å². The van der Waals surface area contributed by atoms with Crippen LogP contribution in [0.2, 0.25) is 0 Å². The maximum absolute atomic E-state index is 5.26. The average Bonchev–Trinajstić information content (AvgIpc) is 2.40. The summed E-state index contributed by atoms with van der Waals surface area (Å²) in [4.78, 5) is 2.42. The Kier molecular flexibility index (Phi) is 5.02. The minimum Gasteiger partial charge on any atom is -0.497 e. The highest BCUT2D eigenvalue weighted by Gasteiger charge is 2.15. The Labute approximate surface area is 110 Å². The molecule has 100 valence electrons. The van der Waals surface area contributed by atoms with E-state index in [0.717, 1.165) is 18.2 Å². The van der Waals surface area contributed by atoms with Gasteiger partial charge in [-0.05, 0) is 56.6 Å². The summed E-state index contributed by atoms with van der Waals surface area (Å²) in [5.74, 6) is 1.80. The van der Waals surface area contributed by atoms with E-state index in [2.05, 4.69) is 35.5 Å². The Morgan fingerprint density at radius 1 is 1.33 bits per heavy atom. The molecule has 0 aromatic heterocycles. The van der Waals surface area contributed by atoms with Crippen molar-refractivity contribution in [2.45, 2.75) is 19.4 Å². The van der Waals surface area contributed by atoms with Gasteiger partial charge in [-0.15, -0.1) is 0 Å². The summed E-state index contributed by atoms with van der Waals surface area (Å²) >= 11 is 0. The Balaban J connectivity index is 1.83. The van der Waals surface area contributed by atoms with Crippen LogP contribution in [0, 0.1) is 5.92 Å². The number of benzene rings is 1. The molecule has 1 N–H and O–H groups in total. The van der Waals surface area contributed by atoms with Crippen LogP contribution in [-0.2, 0) is 6.54 Å². The number of hydrogen-bond acceptors (Lipinski definition) is 3. The Morgan fingerprint density at radius 2 is 2.11 bits per heavy atom. The third-order valence-corrected chi connectivity index (χ3v) is 3.62. The molecule has 1 heterocycles. The molecule has 1 saturated heterocycles. The van der Waals surface area contributed by atoms with Crippen LogP contribution < -0.4 is 10.1 Å². The molecule has 0 bridgehead atoms. The van der Waals surface area contributed by atoms with Crippen molar-refractivity contribution in [3.05, 3.63) is 29.8 Å². The first-order valence-electron chi connectivity index (χ1n) is 6.80. The number of nitrogens with one attached hydrogen (secondary N) is 1. The molecule has 0 spiro atoms. The Hall–Kier alpha value is -1.06. The number of piperidine rings is 1. The largest absolute Gasteiger partial charge is 0.497 e. The second kappa shape index (κ2) is 6.76. The summed E-state index contributed by atoms with van der Waals surface area (Å²) in [6.45, 7) is 4.55. The van der Waals surface area contributed by atoms with E-state index in [9.17, 15) is 0 Å². The summed E-state index contributed by atoms with van der Waals surface area (Å²) in [6.07, 6.45) is 2.62. The maximum Gasteiger partial charge on any atom is 0.119 e. The van der Waals surface area contributed by atoms with Crippen molar-refractivity contribution < 1.29 is 4.74 Å². The van der Waals surface area contributed by atoms with E-state index < -0.39 is 0 Å². The molecule has 0 unspecified atom stereocenters. The highest BCUT2D eigenvalue weighted by Crippen LogP contribution is 2.16. The van der Waals surface area contributed by atoms with Crippen LogP contribution in [0.25, 0.3) is 0 Å². The lowest BCUT2D eigenvalue weighted by molar-refractivity contribution is 0.234. The summed E-state index contributed by atoms with van der Waals surface area (Å²) in [7, 11) is 3.93. The molecule has 0 aliphatic carbocycles. The number of nitrogens with zero attached hydrogens (tertiary/aromatic N) is 1. The predicted octanol–water partition coefficient (Wildman–Crippen LogP) is 2.13. The van der Waals surface area contributed by atoms with Gasteiger partial charge in [-0.1, -0.05) is 12.1 Å². The third-order valence-electron chi connectivity index (χ3n) is 3.62. The standard InChI is InChI=1S/C15H24N2O/c1-17(11-13-6-8-16-9-7-13)12-14-4-3-5-15(10-14)18-2/h3-5,10,13,16H,6-9,11-12H2,1-2H3. The fraction of sp³-hybridized carbons (Fsp3) is 0.600. The van der Waals surface area contributed by atoms with Crippen molar-refractivity contribution in [1.29, 1.82) is 0 Å². The zero-order chi connectivity index (χ0) is 12.8. The summed E-state index contributed by atoms with van der Waals surface area (Å²) in [6, 6.07) is 8.35. The molecule has 0 atom stereocenters. The first-order chi connectivity index (χ1) is 8.78. The van der Waals surface area contributed by atoms with E-state index in [4.69, 9.17) is 4.74 Å². The van der Waals surface area contributed by atoms with Gasteiger partial charge in [0.25, 0.3) is 0 Å². The fourth-order valence-corrected chi connectivity index (χ4v) is 2.65. The van der Waals surface area contributed by atoms with E-state index >= 15 is 0 Å².